The number of nitrogens with zero attached hydrogens (tertiary/aromatic N) is 1. The van der Waals surface area contributed by atoms with Gasteiger partial charge in [-0.1, -0.05) is 0 Å². The molecular formula is C14H22N2O3P+. The van der Waals surface area contributed by atoms with Gasteiger partial charge < -0.3 is 15.2 Å². The highest BCUT2D eigenvalue weighted by Crippen LogP contribution is 2.55. The van der Waals surface area contributed by atoms with Gasteiger partial charge in [-0.2, -0.15) is 0 Å². The Hall–Kier alpha value is -0.870. The van der Waals surface area contributed by atoms with E-state index < -0.39 is 7.49 Å². The molecule has 0 radical (unpaired) electrons. The number of nitrogens with two attached hydrogens (primary N) is 1. The lowest BCUT2D eigenvalue weighted by Crippen LogP contribution is -2.53. The third-order valence-corrected chi connectivity index (χ3v) is 7.47. The Labute approximate surface area is 120 Å². The van der Waals surface area contributed by atoms with Crippen LogP contribution in [0, 0.1) is 0 Å². The summed E-state index contributed by atoms with van der Waals surface area (Å²) in [6.07, 6.45) is 1.69. The maximum Gasteiger partial charge on any atom is 0.176 e. The van der Waals surface area contributed by atoms with Crippen LogP contribution in [0.1, 0.15) is 0 Å². The van der Waals surface area contributed by atoms with E-state index in [-0.39, 0.29) is 0 Å². The lowest BCUT2D eigenvalue weighted by Gasteiger charge is -2.40. The Morgan fingerprint density at radius 2 is 2.05 bits per heavy atom. The van der Waals surface area contributed by atoms with Gasteiger partial charge in [0.25, 0.3) is 0 Å². The third-order valence-electron chi connectivity index (χ3n) is 4.35. The van der Waals surface area contributed by atoms with Gasteiger partial charge in [0.15, 0.2) is 7.49 Å². The smallest absolute Gasteiger partial charge is 0.176 e. The van der Waals surface area contributed by atoms with E-state index in [1.165, 1.54) is 0 Å². The maximum absolute atomic E-state index is 11.0. The minimum absolute atomic E-state index is 0.560. The lowest BCUT2D eigenvalue weighted by molar-refractivity contribution is -0.0622. The van der Waals surface area contributed by atoms with E-state index in [0.29, 0.717) is 17.5 Å². The fourth-order valence-corrected chi connectivity index (χ4v) is 5.45. The molecule has 3 N–H and O–H groups in total. The first-order chi connectivity index (χ1) is 9.62. The molecule has 0 saturated carbocycles. The Morgan fingerprint density at radius 3 is 2.60 bits per heavy atom. The molecule has 2 aliphatic heterocycles. The van der Waals surface area contributed by atoms with Crippen molar-refractivity contribution in [3.05, 3.63) is 18.2 Å². The minimum Gasteiger partial charge on any atom is -0.494 e. The minimum atomic E-state index is -2.06. The lowest BCUT2D eigenvalue weighted by atomic mass is 10.2. The number of nitrogen functional groups attached to an aromatic ring is 1. The molecule has 2 fully saturated rings. The Balaban J connectivity index is 1.73. The van der Waals surface area contributed by atoms with Gasteiger partial charge in [0.1, 0.15) is 23.4 Å². The highest BCUT2D eigenvalue weighted by Gasteiger charge is 2.44. The van der Waals surface area contributed by atoms with Gasteiger partial charge in [-0.25, -0.2) is 4.89 Å². The summed E-state index contributed by atoms with van der Waals surface area (Å²) in [7, 11) is -0.449. The highest BCUT2D eigenvalue weighted by molar-refractivity contribution is 7.77. The maximum atomic E-state index is 11.0. The van der Waals surface area contributed by atoms with Crippen LogP contribution in [0.2, 0.25) is 0 Å². The van der Waals surface area contributed by atoms with Gasteiger partial charge in [-0.3, -0.25) is 4.90 Å². The van der Waals surface area contributed by atoms with E-state index in [1.807, 2.05) is 18.2 Å². The normalized spacial score (nSPS) is 23.3. The van der Waals surface area contributed by atoms with Crippen LogP contribution in [0.5, 0.6) is 5.75 Å². The zero-order chi connectivity index (χ0) is 14.2. The van der Waals surface area contributed by atoms with E-state index in [4.69, 9.17) is 15.2 Å². The van der Waals surface area contributed by atoms with Crippen LogP contribution in [0.15, 0.2) is 18.2 Å². The van der Waals surface area contributed by atoms with Crippen LogP contribution in [0.3, 0.4) is 0 Å². The quantitative estimate of drug-likeness (QED) is 0.630. The zero-order valence-corrected chi connectivity index (χ0v) is 12.7. The molecular weight excluding hydrogens is 275 g/mol. The fraction of sp³-hybridized carbons (Fsp3) is 0.571. The van der Waals surface area contributed by atoms with Crippen LogP contribution in [-0.2, 0) is 4.74 Å². The van der Waals surface area contributed by atoms with Crippen molar-refractivity contribution >= 4 is 18.5 Å². The van der Waals surface area contributed by atoms with E-state index in [1.54, 1.807) is 7.11 Å². The van der Waals surface area contributed by atoms with Crippen LogP contribution < -0.4 is 15.8 Å². The molecule has 3 rings (SSSR count). The summed E-state index contributed by atoms with van der Waals surface area (Å²) in [5.41, 5.74) is 6.46. The van der Waals surface area contributed by atoms with Gasteiger partial charge in [0, 0.05) is 19.2 Å². The molecule has 1 aromatic carbocycles. The average Bonchev–Trinajstić information content (AvgIpc) is 2.40. The third kappa shape index (κ3) is 2.51. The van der Waals surface area contributed by atoms with Crippen LogP contribution in [0.25, 0.3) is 0 Å². The standard InChI is InChI=1S/C14H22N2O3P/c1-18-14-8-12(2-3-13(14)15)20(17)6-4-16(5-7-20)11-9-19-10-11/h2-3,8,11,17H,4-7,9-10,15H2,1H3/q+1. The number of benzene rings is 1. The van der Waals surface area contributed by atoms with Gasteiger partial charge in [0.2, 0.25) is 0 Å². The molecule has 6 heteroatoms. The second-order valence-corrected chi connectivity index (χ2v) is 8.78. The SMILES string of the molecule is COc1cc([P+]2(O)CCN(C3COC3)CC2)ccc1N. The summed E-state index contributed by atoms with van der Waals surface area (Å²) in [6.45, 7) is 3.58. The molecule has 0 aromatic heterocycles. The van der Waals surface area contributed by atoms with Crippen molar-refractivity contribution in [3.63, 3.8) is 0 Å². The largest absolute Gasteiger partial charge is 0.494 e. The molecule has 0 unspecified atom stereocenters. The first-order valence-corrected chi connectivity index (χ1v) is 9.09. The van der Waals surface area contributed by atoms with Crippen molar-refractivity contribution in [1.82, 2.24) is 4.90 Å². The number of ether oxygens (including phenoxy) is 2. The molecule has 110 valence electrons. The predicted molar refractivity (Wildman–Crippen MR) is 82.1 cm³/mol. The van der Waals surface area contributed by atoms with Crippen molar-refractivity contribution in [2.45, 2.75) is 6.04 Å². The summed E-state index contributed by atoms with van der Waals surface area (Å²) in [5, 5.41) is 1.01. The molecule has 0 spiro atoms. The summed E-state index contributed by atoms with van der Waals surface area (Å²) < 4.78 is 10.5. The van der Waals surface area contributed by atoms with Gasteiger partial charge in [0.05, 0.1) is 32.1 Å². The monoisotopic (exact) mass is 297 g/mol. The Kier molecular flexibility index (Phi) is 3.87. The molecule has 2 aliphatic rings. The van der Waals surface area contributed by atoms with Crippen LogP contribution in [0.4, 0.5) is 5.69 Å². The highest BCUT2D eigenvalue weighted by atomic mass is 31.2. The fourth-order valence-electron chi connectivity index (χ4n) is 2.83. The van der Waals surface area contributed by atoms with Gasteiger partial charge >= 0.3 is 0 Å². The van der Waals surface area contributed by atoms with Crippen molar-refractivity contribution in [2.75, 3.05) is 51.5 Å². The van der Waals surface area contributed by atoms with Crippen LogP contribution in [-0.4, -0.2) is 61.6 Å². The Morgan fingerprint density at radius 1 is 1.35 bits per heavy atom. The van der Waals surface area contributed by atoms with Crippen molar-refractivity contribution in [3.8, 4) is 5.75 Å². The van der Waals surface area contributed by atoms with E-state index >= 15 is 0 Å². The molecule has 0 atom stereocenters. The van der Waals surface area contributed by atoms with Crippen molar-refractivity contribution < 1.29 is 14.4 Å². The average molecular weight is 297 g/mol. The zero-order valence-electron chi connectivity index (χ0n) is 11.8. The van der Waals surface area contributed by atoms with Crippen molar-refractivity contribution in [1.29, 1.82) is 0 Å². The van der Waals surface area contributed by atoms with Gasteiger partial charge in [-0.15, -0.1) is 0 Å². The molecule has 0 aliphatic carbocycles. The first-order valence-electron chi connectivity index (χ1n) is 6.98. The molecule has 5 nitrogen and oxygen atoms in total. The second kappa shape index (κ2) is 5.49. The van der Waals surface area contributed by atoms with E-state index in [2.05, 4.69) is 4.90 Å². The summed E-state index contributed by atoms with van der Waals surface area (Å²) in [6, 6.07) is 6.25. The summed E-state index contributed by atoms with van der Waals surface area (Å²) in [4.78, 5) is 13.4. The number of anilines is 1. The number of rotatable bonds is 3. The Bertz CT molecular complexity index is 485. The molecule has 1 aromatic rings. The van der Waals surface area contributed by atoms with Crippen LogP contribution >= 0.6 is 7.49 Å². The molecule has 0 amide bonds. The molecule has 0 bridgehead atoms. The predicted octanol–water partition coefficient (Wildman–Crippen LogP) is 0.542. The molecule has 2 saturated heterocycles. The summed E-state index contributed by atoms with van der Waals surface area (Å²) in [5.74, 6) is 0.658. The van der Waals surface area contributed by atoms with E-state index in [0.717, 1.165) is 43.9 Å². The molecule has 20 heavy (non-hydrogen) atoms. The first kappa shape index (κ1) is 14.1. The number of hydrogen-bond acceptors (Lipinski definition) is 5. The molecule has 2 heterocycles. The van der Waals surface area contributed by atoms with Gasteiger partial charge in [-0.05, 0) is 12.1 Å². The second-order valence-electron chi connectivity index (χ2n) is 5.52. The number of hydrogen-bond donors (Lipinski definition) is 2. The summed E-state index contributed by atoms with van der Waals surface area (Å²) >= 11 is 0. The number of methoxy groups -OCH3 is 1. The van der Waals surface area contributed by atoms with E-state index in [9.17, 15) is 4.89 Å². The van der Waals surface area contributed by atoms with Crippen molar-refractivity contribution in [2.24, 2.45) is 0 Å². The topological polar surface area (TPSA) is 68.0 Å².